The van der Waals surface area contributed by atoms with Gasteiger partial charge in [0.15, 0.2) is 0 Å². The molecule has 0 heterocycles. The Morgan fingerprint density at radius 1 is 1.29 bits per heavy atom. The molecule has 0 aromatic heterocycles. The van der Waals surface area contributed by atoms with Crippen LogP contribution in [0.15, 0.2) is 0 Å². The van der Waals surface area contributed by atoms with E-state index in [2.05, 4.69) is 5.32 Å². The van der Waals surface area contributed by atoms with Crippen molar-refractivity contribution in [2.75, 3.05) is 47.2 Å². The number of esters is 1. The summed E-state index contributed by atoms with van der Waals surface area (Å²) in [5.41, 5.74) is -0.574. The lowest BCUT2D eigenvalue weighted by Gasteiger charge is -2.26. The minimum absolute atomic E-state index is 0.112. The Balaban J connectivity index is 2.19. The van der Waals surface area contributed by atoms with Crippen LogP contribution in [-0.2, 0) is 23.7 Å². The molecule has 0 bridgehead atoms. The largest absolute Gasteiger partial charge is 0.465 e. The van der Waals surface area contributed by atoms with Crippen LogP contribution in [0.5, 0.6) is 0 Å². The van der Waals surface area contributed by atoms with Crippen molar-refractivity contribution in [2.45, 2.75) is 44.2 Å². The summed E-state index contributed by atoms with van der Waals surface area (Å²) < 4.78 is 21.3. The molecule has 0 radical (unpaired) electrons. The van der Waals surface area contributed by atoms with E-state index in [1.807, 2.05) is 14.0 Å². The number of ether oxygens (including phenoxy) is 4. The predicted octanol–water partition coefficient (Wildman–Crippen LogP) is 1.13. The van der Waals surface area contributed by atoms with Crippen molar-refractivity contribution in [1.82, 2.24) is 5.32 Å². The zero-order chi connectivity index (χ0) is 15.6. The van der Waals surface area contributed by atoms with Gasteiger partial charge in [-0.25, -0.2) is 0 Å². The van der Waals surface area contributed by atoms with Gasteiger partial charge in [0.2, 0.25) is 0 Å². The van der Waals surface area contributed by atoms with E-state index in [9.17, 15) is 4.79 Å². The Bertz CT molecular complexity index is 300. The van der Waals surface area contributed by atoms with Gasteiger partial charge in [-0.05, 0) is 33.2 Å². The molecule has 0 aromatic rings. The first-order valence-electron chi connectivity index (χ1n) is 7.73. The first-order chi connectivity index (χ1) is 10.2. The minimum atomic E-state index is -0.574. The van der Waals surface area contributed by atoms with E-state index in [-0.39, 0.29) is 12.1 Å². The average molecular weight is 303 g/mol. The van der Waals surface area contributed by atoms with Crippen LogP contribution in [0.1, 0.15) is 32.6 Å². The summed E-state index contributed by atoms with van der Waals surface area (Å²) in [6, 6.07) is 0. The summed E-state index contributed by atoms with van der Waals surface area (Å²) in [4.78, 5) is 12.0. The SMILES string of the molecule is CCOC(=O)C1(NC)CCC(OCCCOCCOC)C1. The molecule has 2 unspecified atom stereocenters. The highest BCUT2D eigenvalue weighted by Crippen LogP contribution is 2.32. The average Bonchev–Trinajstić information content (AvgIpc) is 2.91. The summed E-state index contributed by atoms with van der Waals surface area (Å²) in [7, 11) is 3.47. The second-order valence-electron chi connectivity index (χ2n) is 5.25. The van der Waals surface area contributed by atoms with E-state index in [4.69, 9.17) is 18.9 Å². The van der Waals surface area contributed by atoms with Gasteiger partial charge >= 0.3 is 5.97 Å². The quantitative estimate of drug-likeness (QED) is 0.456. The number of nitrogens with one attached hydrogen (secondary N) is 1. The third kappa shape index (κ3) is 5.90. The third-order valence-electron chi connectivity index (χ3n) is 3.83. The maximum atomic E-state index is 12.0. The van der Waals surface area contributed by atoms with Crippen molar-refractivity contribution in [1.29, 1.82) is 0 Å². The molecule has 0 amide bonds. The van der Waals surface area contributed by atoms with Crippen molar-refractivity contribution in [3.05, 3.63) is 0 Å². The van der Waals surface area contributed by atoms with E-state index >= 15 is 0 Å². The van der Waals surface area contributed by atoms with Crippen LogP contribution in [0.3, 0.4) is 0 Å². The van der Waals surface area contributed by atoms with Gasteiger partial charge in [-0.15, -0.1) is 0 Å². The molecule has 6 heteroatoms. The zero-order valence-electron chi connectivity index (χ0n) is 13.5. The highest BCUT2D eigenvalue weighted by molar-refractivity contribution is 5.81. The second kappa shape index (κ2) is 10.1. The standard InChI is InChI=1S/C15H29NO5/c1-4-20-14(17)15(16-2)7-6-13(12-15)21-9-5-8-19-11-10-18-3/h13,16H,4-12H2,1-3H3. The van der Waals surface area contributed by atoms with Gasteiger partial charge in [-0.3, -0.25) is 4.79 Å². The number of carbonyl (C=O) groups excluding carboxylic acids is 1. The molecule has 1 aliphatic carbocycles. The molecule has 0 aromatic carbocycles. The maximum absolute atomic E-state index is 12.0. The van der Waals surface area contributed by atoms with E-state index in [0.717, 1.165) is 19.3 Å². The lowest BCUT2D eigenvalue weighted by atomic mass is 9.98. The number of hydrogen-bond donors (Lipinski definition) is 1. The molecule has 0 aliphatic heterocycles. The monoisotopic (exact) mass is 303 g/mol. The van der Waals surface area contributed by atoms with Gasteiger partial charge in [0.05, 0.1) is 25.9 Å². The van der Waals surface area contributed by atoms with Crippen molar-refractivity contribution < 1.29 is 23.7 Å². The van der Waals surface area contributed by atoms with Gasteiger partial charge in [-0.2, -0.15) is 0 Å². The fraction of sp³-hybridized carbons (Fsp3) is 0.933. The minimum Gasteiger partial charge on any atom is -0.465 e. The molecule has 0 spiro atoms. The van der Waals surface area contributed by atoms with E-state index in [1.165, 1.54) is 0 Å². The van der Waals surface area contributed by atoms with Gasteiger partial charge in [0.25, 0.3) is 0 Å². The fourth-order valence-electron chi connectivity index (χ4n) is 2.58. The van der Waals surface area contributed by atoms with Crippen molar-refractivity contribution in [3.63, 3.8) is 0 Å². The molecule has 1 rings (SSSR count). The molecule has 6 nitrogen and oxygen atoms in total. The topological polar surface area (TPSA) is 66.0 Å². The van der Waals surface area contributed by atoms with Gasteiger partial charge < -0.3 is 24.3 Å². The number of hydrogen-bond acceptors (Lipinski definition) is 6. The smallest absolute Gasteiger partial charge is 0.326 e. The number of rotatable bonds is 11. The van der Waals surface area contributed by atoms with Crippen LogP contribution in [-0.4, -0.2) is 64.8 Å². The Hall–Kier alpha value is -0.690. The molecule has 0 saturated heterocycles. The zero-order valence-corrected chi connectivity index (χ0v) is 13.5. The lowest BCUT2D eigenvalue weighted by molar-refractivity contribution is -0.151. The normalized spacial score (nSPS) is 25.2. The van der Waals surface area contributed by atoms with Gasteiger partial charge in [0, 0.05) is 26.7 Å². The summed E-state index contributed by atoms with van der Waals surface area (Å²) in [6.07, 6.45) is 3.28. The van der Waals surface area contributed by atoms with Crippen LogP contribution in [0.2, 0.25) is 0 Å². The van der Waals surface area contributed by atoms with Gasteiger partial charge in [-0.1, -0.05) is 0 Å². The summed E-state index contributed by atoms with van der Waals surface area (Å²) in [6.45, 7) is 4.80. The second-order valence-corrected chi connectivity index (χ2v) is 5.25. The molecule has 2 atom stereocenters. The first-order valence-corrected chi connectivity index (χ1v) is 7.73. The highest BCUT2D eigenvalue weighted by atomic mass is 16.5. The Kier molecular flexibility index (Phi) is 8.84. The molecule has 1 saturated carbocycles. The summed E-state index contributed by atoms with van der Waals surface area (Å²) in [5.74, 6) is -0.165. The molecule has 124 valence electrons. The van der Waals surface area contributed by atoms with Crippen molar-refractivity contribution >= 4 is 5.97 Å². The van der Waals surface area contributed by atoms with Crippen molar-refractivity contribution in [2.24, 2.45) is 0 Å². The predicted molar refractivity (Wildman–Crippen MR) is 79.3 cm³/mol. The van der Waals surface area contributed by atoms with Crippen LogP contribution < -0.4 is 5.32 Å². The number of carbonyl (C=O) groups is 1. The molecule has 21 heavy (non-hydrogen) atoms. The van der Waals surface area contributed by atoms with E-state index < -0.39 is 5.54 Å². The van der Waals surface area contributed by atoms with Crippen molar-refractivity contribution in [3.8, 4) is 0 Å². The highest BCUT2D eigenvalue weighted by Gasteiger charge is 2.45. The molecular formula is C15H29NO5. The summed E-state index contributed by atoms with van der Waals surface area (Å²) in [5, 5.41) is 3.12. The molecule has 1 aliphatic rings. The Morgan fingerprint density at radius 3 is 2.76 bits per heavy atom. The summed E-state index contributed by atoms with van der Waals surface area (Å²) >= 11 is 0. The van der Waals surface area contributed by atoms with Crippen LogP contribution in [0, 0.1) is 0 Å². The fourth-order valence-corrected chi connectivity index (χ4v) is 2.58. The van der Waals surface area contributed by atoms with Crippen LogP contribution in [0.4, 0.5) is 0 Å². The number of methoxy groups -OCH3 is 1. The molecule has 1 fully saturated rings. The Labute approximate surface area is 127 Å². The lowest BCUT2D eigenvalue weighted by Crippen LogP contribution is -2.49. The van der Waals surface area contributed by atoms with E-state index in [0.29, 0.717) is 39.5 Å². The molecule has 1 N–H and O–H groups in total. The first kappa shape index (κ1) is 18.4. The maximum Gasteiger partial charge on any atom is 0.326 e. The number of likely N-dealkylation sites (N-methyl/N-ethyl adjacent to an activating group) is 1. The third-order valence-corrected chi connectivity index (χ3v) is 3.83. The van der Waals surface area contributed by atoms with Gasteiger partial charge in [0.1, 0.15) is 5.54 Å². The Morgan fingerprint density at radius 2 is 2.10 bits per heavy atom. The van der Waals surface area contributed by atoms with Crippen LogP contribution in [0.25, 0.3) is 0 Å². The van der Waals surface area contributed by atoms with E-state index in [1.54, 1.807) is 7.11 Å². The molecular weight excluding hydrogens is 274 g/mol. The van der Waals surface area contributed by atoms with Crippen LogP contribution >= 0.6 is 0 Å².